The summed E-state index contributed by atoms with van der Waals surface area (Å²) in [5.74, 6) is -0.558. The minimum Gasteiger partial charge on any atom is -0.632 e. The smallest absolute Gasteiger partial charge is 0.283 e. The molecule has 2 heterocycles. The molecule has 2 aliphatic rings. The van der Waals surface area contributed by atoms with Crippen LogP contribution in [0.2, 0.25) is 0 Å². The Morgan fingerprint density at radius 3 is 1.49 bits per heavy atom. The standard InChI is InChI=1S/C25H30Br2N4O4/c26-18-6-10-20(11-7-18)28-24(32)22-4-1-14-30(22,34)16-3-17-31(35)15-2-5-23(31)25(33)29-21-12-8-19(27)9-13-21/h6-13,22-23H,1-5,14-17H2,(H,28,32)(H,29,33)/t22-,23-,30?,31?/m0/s1. The summed E-state index contributed by atoms with van der Waals surface area (Å²) >= 11 is 6.74. The molecule has 35 heavy (non-hydrogen) atoms. The number of rotatable bonds is 8. The van der Waals surface area contributed by atoms with E-state index in [0.29, 0.717) is 56.6 Å². The number of nitrogens with one attached hydrogen (secondary N) is 2. The molecule has 8 nitrogen and oxygen atoms in total. The van der Waals surface area contributed by atoms with E-state index in [1.54, 1.807) is 24.3 Å². The number of likely N-dealkylation sites (tertiary alicyclic amines) is 2. The van der Waals surface area contributed by atoms with Crippen molar-refractivity contribution in [3.05, 3.63) is 67.9 Å². The number of carbonyl (C=O) groups excluding carboxylic acids is 2. The number of anilines is 2. The summed E-state index contributed by atoms with van der Waals surface area (Å²) in [6.07, 6.45) is 2.79. The zero-order chi connectivity index (χ0) is 25.1. The van der Waals surface area contributed by atoms with Gasteiger partial charge in [0, 0.05) is 52.4 Å². The molecule has 2 unspecified atom stereocenters. The van der Waals surface area contributed by atoms with Crippen molar-refractivity contribution < 1.29 is 18.9 Å². The van der Waals surface area contributed by atoms with E-state index in [4.69, 9.17) is 0 Å². The highest BCUT2D eigenvalue weighted by atomic mass is 79.9. The molecule has 0 radical (unpaired) electrons. The van der Waals surface area contributed by atoms with Crippen molar-refractivity contribution in [3.8, 4) is 0 Å². The van der Waals surface area contributed by atoms with Gasteiger partial charge in [-0.15, -0.1) is 0 Å². The van der Waals surface area contributed by atoms with Crippen LogP contribution in [0.4, 0.5) is 11.4 Å². The van der Waals surface area contributed by atoms with Crippen LogP contribution in [0.1, 0.15) is 32.1 Å². The molecule has 2 aromatic carbocycles. The Kier molecular flexibility index (Phi) is 8.30. The van der Waals surface area contributed by atoms with Gasteiger partial charge in [0.2, 0.25) is 0 Å². The lowest BCUT2D eigenvalue weighted by molar-refractivity contribution is -0.902. The number of halogens is 2. The Bertz CT molecular complexity index is 969. The molecule has 0 aromatic heterocycles. The van der Waals surface area contributed by atoms with E-state index in [9.17, 15) is 20.0 Å². The predicted octanol–water partition coefficient (Wildman–Crippen LogP) is 5.13. The Morgan fingerprint density at radius 2 is 1.11 bits per heavy atom. The molecule has 2 aromatic rings. The largest absolute Gasteiger partial charge is 0.632 e. The van der Waals surface area contributed by atoms with Crippen molar-refractivity contribution in [3.63, 3.8) is 0 Å². The van der Waals surface area contributed by atoms with Gasteiger partial charge in [-0.3, -0.25) is 9.59 Å². The van der Waals surface area contributed by atoms with Gasteiger partial charge >= 0.3 is 0 Å². The maximum atomic E-state index is 13.6. The second-order valence-electron chi connectivity index (χ2n) is 9.46. The second-order valence-corrected chi connectivity index (χ2v) is 11.3. The molecule has 0 aliphatic carbocycles. The van der Waals surface area contributed by atoms with Crippen LogP contribution in [0.5, 0.6) is 0 Å². The van der Waals surface area contributed by atoms with Crippen molar-refractivity contribution in [2.24, 2.45) is 0 Å². The number of amides is 2. The van der Waals surface area contributed by atoms with Gasteiger partial charge in [-0.05, 0) is 48.5 Å². The fourth-order valence-electron chi connectivity index (χ4n) is 5.24. The number of quaternary nitrogens is 2. The Morgan fingerprint density at radius 1 is 0.743 bits per heavy atom. The summed E-state index contributed by atoms with van der Waals surface area (Å²) in [4.78, 5) is 25.7. The average Bonchev–Trinajstić information content (AvgIpc) is 3.40. The highest BCUT2D eigenvalue weighted by Gasteiger charge is 2.43. The molecule has 2 amide bonds. The van der Waals surface area contributed by atoms with Crippen LogP contribution >= 0.6 is 31.9 Å². The molecule has 2 saturated heterocycles. The lowest BCUT2D eigenvalue weighted by atomic mass is 10.1. The van der Waals surface area contributed by atoms with Crippen molar-refractivity contribution in [2.75, 3.05) is 36.8 Å². The Labute approximate surface area is 222 Å². The van der Waals surface area contributed by atoms with E-state index in [0.717, 1.165) is 8.95 Å². The number of carbonyl (C=O) groups is 2. The summed E-state index contributed by atoms with van der Waals surface area (Å²) in [5, 5.41) is 32.8. The quantitative estimate of drug-likeness (QED) is 0.320. The molecule has 0 spiro atoms. The first-order valence-electron chi connectivity index (χ1n) is 12.0. The van der Waals surface area contributed by atoms with E-state index in [2.05, 4.69) is 42.5 Å². The summed E-state index contributed by atoms with van der Waals surface area (Å²) in [7, 11) is 0. The van der Waals surface area contributed by atoms with Gasteiger partial charge in [0.05, 0.1) is 26.2 Å². The lowest BCUT2D eigenvalue weighted by Gasteiger charge is -2.46. The molecule has 10 heteroatoms. The summed E-state index contributed by atoms with van der Waals surface area (Å²) < 4.78 is 0.590. The molecular weight excluding hydrogens is 580 g/mol. The fraction of sp³-hybridized carbons (Fsp3) is 0.440. The second kappa shape index (κ2) is 11.1. The summed E-state index contributed by atoms with van der Waals surface area (Å²) in [6.45, 7) is 1.12. The fourth-order valence-corrected chi connectivity index (χ4v) is 5.76. The molecule has 2 aliphatic heterocycles. The molecule has 0 bridgehead atoms. The van der Waals surface area contributed by atoms with Crippen LogP contribution < -0.4 is 10.6 Å². The zero-order valence-electron chi connectivity index (χ0n) is 19.4. The monoisotopic (exact) mass is 608 g/mol. The molecule has 4 atom stereocenters. The molecular formula is C25H30Br2N4O4. The van der Waals surface area contributed by atoms with E-state index in [1.165, 1.54) is 0 Å². The minimum atomic E-state index is -0.686. The van der Waals surface area contributed by atoms with E-state index in [-0.39, 0.29) is 24.9 Å². The van der Waals surface area contributed by atoms with E-state index < -0.39 is 21.4 Å². The first kappa shape index (κ1) is 26.2. The van der Waals surface area contributed by atoms with Crippen LogP contribution in [0.15, 0.2) is 57.5 Å². The van der Waals surface area contributed by atoms with Crippen LogP contribution in [0.25, 0.3) is 0 Å². The number of hydrogen-bond donors (Lipinski definition) is 2. The highest BCUT2D eigenvalue weighted by Crippen LogP contribution is 2.31. The number of nitrogens with zero attached hydrogens (tertiary/aromatic N) is 2. The first-order chi connectivity index (χ1) is 16.7. The van der Waals surface area contributed by atoms with E-state index in [1.807, 2.05) is 24.3 Å². The summed E-state index contributed by atoms with van der Waals surface area (Å²) in [6, 6.07) is 13.1. The molecule has 4 rings (SSSR count). The topological polar surface area (TPSA) is 104 Å². The maximum absolute atomic E-state index is 13.6. The minimum absolute atomic E-state index is 0.196. The van der Waals surface area contributed by atoms with Crippen LogP contribution in [-0.2, 0) is 9.59 Å². The van der Waals surface area contributed by atoms with Gasteiger partial charge in [-0.2, -0.15) is 0 Å². The third-order valence-corrected chi connectivity index (χ3v) is 8.12. The molecule has 0 saturated carbocycles. The third kappa shape index (κ3) is 6.31. The van der Waals surface area contributed by atoms with Crippen LogP contribution in [-0.4, -0.2) is 59.4 Å². The highest BCUT2D eigenvalue weighted by molar-refractivity contribution is 9.10. The van der Waals surface area contributed by atoms with Crippen LogP contribution in [0.3, 0.4) is 0 Å². The van der Waals surface area contributed by atoms with Crippen molar-refractivity contribution in [1.82, 2.24) is 0 Å². The normalized spacial score (nSPS) is 28.1. The number of hydroxylamine groups is 6. The SMILES string of the molecule is O=C(Nc1ccc(Br)cc1)[C@@H]1CCC[N+]1([O-])CCC[N+]1([O-])CCC[C@H]1C(=O)Nc1ccc(Br)cc1. The predicted molar refractivity (Wildman–Crippen MR) is 143 cm³/mol. The lowest BCUT2D eigenvalue weighted by Crippen LogP contribution is -2.55. The van der Waals surface area contributed by atoms with Gasteiger partial charge in [0.25, 0.3) is 11.8 Å². The zero-order valence-corrected chi connectivity index (χ0v) is 22.6. The van der Waals surface area contributed by atoms with E-state index >= 15 is 0 Å². The van der Waals surface area contributed by atoms with Crippen molar-refractivity contribution in [1.29, 1.82) is 0 Å². The third-order valence-electron chi connectivity index (χ3n) is 7.07. The van der Waals surface area contributed by atoms with Gasteiger partial charge in [0.1, 0.15) is 0 Å². The van der Waals surface area contributed by atoms with Gasteiger partial charge in [-0.25, -0.2) is 0 Å². The maximum Gasteiger partial charge on any atom is 0.283 e. The van der Waals surface area contributed by atoms with Gasteiger partial charge in [-0.1, -0.05) is 31.9 Å². The summed E-state index contributed by atoms with van der Waals surface area (Å²) in [5.41, 5.74) is 1.30. The first-order valence-corrected chi connectivity index (χ1v) is 13.6. The molecule has 2 fully saturated rings. The van der Waals surface area contributed by atoms with Gasteiger partial charge in [0.15, 0.2) is 12.1 Å². The molecule has 2 N–H and O–H groups in total. The number of benzene rings is 2. The number of hydrogen-bond acceptors (Lipinski definition) is 4. The van der Waals surface area contributed by atoms with Crippen molar-refractivity contribution in [2.45, 2.75) is 44.2 Å². The Balaban J connectivity index is 1.33. The average molecular weight is 610 g/mol. The van der Waals surface area contributed by atoms with Crippen molar-refractivity contribution >= 4 is 55.0 Å². The molecule has 188 valence electrons. The van der Waals surface area contributed by atoms with Gasteiger partial charge < -0.3 is 30.3 Å². The Hall–Kier alpha value is -1.82. The van der Waals surface area contributed by atoms with Crippen LogP contribution in [0, 0.1) is 10.4 Å².